The summed E-state index contributed by atoms with van der Waals surface area (Å²) in [5.74, 6) is 3.58. The maximum atomic E-state index is 5.77. The van der Waals surface area contributed by atoms with Crippen LogP contribution in [0.3, 0.4) is 0 Å². The molecule has 1 heterocycles. The average Bonchev–Trinajstić information content (AvgIpc) is 2.37. The maximum absolute atomic E-state index is 5.77. The second-order valence-electron chi connectivity index (χ2n) is 5.67. The molecular weight excluding hydrogens is 172 g/mol. The first-order valence-corrected chi connectivity index (χ1v) is 6.33. The fourth-order valence-corrected chi connectivity index (χ4v) is 3.30. The first kappa shape index (κ1) is 10.5. The Morgan fingerprint density at radius 2 is 1.64 bits per heavy atom. The van der Waals surface area contributed by atoms with Gasteiger partial charge in [0.15, 0.2) is 0 Å². The Balaban J connectivity index is 2.01. The lowest BCUT2D eigenvalue weighted by Gasteiger charge is -2.23. The van der Waals surface area contributed by atoms with Gasteiger partial charge in [0.25, 0.3) is 0 Å². The third-order valence-electron chi connectivity index (χ3n) is 4.08. The number of fused-ring (bicyclic) bond motifs is 1. The Kier molecular flexibility index (Phi) is 3.48. The van der Waals surface area contributed by atoms with E-state index in [9.17, 15) is 0 Å². The van der Waals surface area contributed by atoms with Gasteiger partial charge in [0.05, 0.1) is 0 Å². The van der Waals surface area contributed by atoms with Crippen LogP contribution in [0.4, 0.5) is 0 Å². The van der Waals surface area contributed by atoms with E-state index in [4.69, 9.17) is 4.74 Å². The van der Waals surface area contributed by atoms with Crippen molar-refractivity contribution in [3.63, 3.8) is 0 Å². The molecular formula is C13H24O. The van der Waals surface area contributed by atoms with E-state index in [1.54, 1.807) is 0 Å². The van der Waals surface area contributed by atoms with E-state index in [0.717, 1.165) is 36.9 Å². The first-order chi connectivity index (χ1) is 6.75. The highest BCUT2D eigenvalue weighted by molar-refractivity contribution is 4.80. The van der Waals surface area contributed by atoms with E-state index in [2.05, 4.69) is 13.8 Å². The summed E-state index contributed by atoms with van der Waals surface area (Å²) in [4.78, 5) is 0. The molecule has 0 amide bonds. The van der Waals surface area contributed by atoms with Gasteiger partial charge in [-0.3, -0.25) is 0 Å². The van der Waals surface area contributed by atoms with Crippen LogP contribution >= 0.6 is 0 Å². The maximum Gasteiger partial charge on any atom is 0.0497 e. The van der Waals surface area contributed by atoms with E-state index < -0.39 is 0 Å². The Labute approximate surface area is 88.2 Å². The van der Waals surface area contributed by atoms with Gasteiger partial charge in [-0.15, -0.1) is 0 Å². The third kappa shape index (κ3) is 2.50. The van der Waals surface area contributed by atoms with Crippen LogP contribution in [-0.4, -0.2) is 13.2 Å². The van der Waals surface area contributed by atoms with Gasteiger partial charge in [-0.1, -0.05) is 26.7 Å². The topological polar surface area (TPSA) is 9.23 Å². The Bertz CT molecular complexity index is 160. The standard InChI is InChI=1S/C13H24O/c1-10-4-3-5-12-9-14-8-11(2)7-13(12)6-10/h10-13H,3-9H2,1-2H3. The van der Waals surface area contributed by atoms with Crippen molar-refractivity contribution < 1.29 is 4.74 Å². The monoisotopic (exact) mass is 196 g/mol. The van der Waals surface area contributed by atoms with Crippen molar-refractivity contribution in [2.24, 2.45) is 23.7 Å². The fourth-order valence-electron chi connectivity index (χ4n) is 3.30. The van der Waals surface area contributed by atoms with Gasteiger partial charge in [-0.25, -0.2) is 0 Å². The highest BCUT2D eigenvalue weighted by Crippen LogP contribution is 2.37. The summed E-state index contributed by atoms with van der Waals surface area (Å²) in [6, 6.07) is 0. The second-order valence-corrected chi connectivity index (χ2v) is 5.67. The summed E-state index contributed by atoms with van der Waals surface area (Å²) in [6.07, 6.45) is 7.16. The molecule has 2 rings (SSSR count). The summed E-state index contributed by atoms with van der Waals surface area (Å²) in [6.45, 7) is 6.82. The fraction of sp³-hybridized carbons (Fsp3) is 1.00. The minimum absolute atomic E-state index is 0.787. The van der Waals surface area contributed by atoms with E-state index >= 15 is 0 Å². The van der Waals surface area contributed by atoms with Crippen molar-refractivity contribution in [3.05, 3.63) is 0 Å². The van der Waals surface area contributed by atoms with Gasteiger partial charge >= 0.3 is 0 Å². The molecule has 0 radical (unpaired) electrons. The van der Waals surface area contributed by atoms with Crippen LogP contribution in [0.5, 0.6) is 0 Å². The van der Waals surface area contributed by atoms with E-state index in [0.29, 0.717) is 0 Å². The van der Waals surface area contributed by atoms with Gasteiger partial charge < -0.3 is 4.74 Å². The lowest BCUT2D eigenvalue weighted by molar-refractivity contribution is 0.0899. The Hall–Kier alpha value is -0.0400. The Morgan fingerprint density at radius 3 is 2.50 bits per heavy atom. The second kappa shape index (κ2) is 4.65. The van der Waals surface area contributed by atoms with E-state index in [-0.39, 0.29) is 0 Å². The van der Waals surface area contributed by atoms with Gasteiger partial charge in [0, 0.05) is 13.2 Å². The molecule has 2 fully saturated rings. The van der Waals surface area contributed by atoms with Crippen LogP contribution in [0, 0.1) is 23.7 Å². The minimum atomic E-state index is 0.787. The van der Waals surface area contributed by atoms with Crippen LogP contribution < -0.4 is 0 Å². The zero-order chi connectivity index (χ0) is 9.97. The van der Waals surface area contributed by atoms with Gasteiger partial charge in [0.1, 0.15) is 0 Å². The lowest BCUT2D eigenvalue weighted by Crippen LogP contribution is -2.17. The number of hydrogen-bond acceptors (Lipinski definition) is 1. The first-order valence-electron chi connectivity index (χ1n) is 6.33. The van der Waals surface area contributed by atoms with Gasteiger partial charge in [0.2, 0.25) is 0 Å². The van der Waals surface area contributed by atoms with Gasteiger partial charge in [-0.05, 0) is 42.9 Å². The molecule has 0 N–H and O–H groups in total. The Morgan fingerprint density at radius 1 is 0.857 bits per heavy atom. The normalized spacial score (nSPS) is 45.0. The molecule has 4 atom stereocenters. The van der Waals surface area contributed by atoms with Crippen LogP contribution in [0.25, 0.3) is 0 Å². The summed E-state index contributed by atoms with van der Waals surface area (Å²) >= 11 is 0. The molecule has 82 valence electrons. The molecule has 1 aliphatic heterocycles. The third-order valence-corrected chi connectivity index (χ3v) is 4.08. The molecule has 2 aliphatic rings. The van der Waals surface area contributed by atoms with E-state index in [1.165, 1.54) is 32.1 Å². The quantitative estimate of drug-likeness (QED) is 0.576. The highest BCUT2D eigenvalue weighted by atomic mass is 16.5. The summed E-state index contributed by atoms with van der Waals surface area (Å²) in [7, 11) is 0. The number of ether oxygens (including phenoxy) is 1. The summed E-state index contributed by atoms with van der Waals surface area (Å²) in [5, 5.41) is 0. The molecule has 1 nitrogen and oxygen atoms in total. The average molecular weight is 196 g/mol. The van der Waals surface area contributed by atoms with Crippen LogP contribution in [0.1, 0.15) is 46.0 Å². The van der Waals surface area contributed by atoms with Crippen molar-refractivity contribution in [1.82, 2.24) is 0 Å². The number of rotatable bonds is 0. The van der Waals surface area contributed by atoms with Crippen molar-refractivity contribution in [3.8, 4) is 0 Å². The summed E-state index contributed by atoms with van der Waals surface area (Å²) < 4.78 is 5.77. The predicted molar refractivity (Wildman–Crippen MR) is 59.2 cm³/mol. The molecule has 1 saturated carbocycles. The van der Waals surface area contributed by atoms with Crippen molar-refractivity contribution in [1.29, 1.82) is 0 Å². The zero-order valence-electron chi connectivity index (χ0n) is 9.67. The molecule has 0 aromatic carbocycles. The SMILES string of the molecule is CC1CCCC2COCC(C)CC2C1. The lowest BCUT2D eigenvalue weighted by atomic mass is 9.81. The van der Waals surface area contributed by atoms with Crippen molar-refractivity contribution in [2.45, 2.75) is 46.0 Å². The summed E-state index contributed by atoms with van der Waals surface area (Å²) in [5.41, 5.74) is 0. The van der Waals surface area contributed by atoms with Crippen LogP contribution in [0.2, 0.25) is 0 Å². The number of hydrogen-bond donors (Lipinski definition) is 0. The predicted octanol–water partition coefficient (Wildman–Crippen LogP) is 3.49. The highest BCUT2D eigenvalue weighted by Gasteiger charge is 2.30. The molecule has 0 aromatic heterocycles. The largest absolute Gasteiger partial charge is 0.381 e. The zero-order valence-corrected chi connectivity index (χ0v) is 9.67. The van der Waals surface area contributed by atoms with Gasteiger partial charge in [-0.2, -0.15) is 0 Å². The van der Waals surface area contributed by atoms with Crippen molar-refractivity contribution in [2.75, 3.05) is 13.2 Å². The molecule has 4 unspecified atom stereocenters. The molecule has 0 aromatic rings. The molecule has 1 heteroatoms. The van der Waals surface area contributed by atoms with Crippen LogP contribution in [-0.2, 0) is 4.74 Å². The minimum Gasteiger partial charge on any atom is -0.381 e. The smallest absolute Gasteiger partial charge is 0.0497 e. The van der Waals surface area contributed by atoms with Crippen molar-refractivity contribution >= 4 is 0 Å². The molecule has 1 saturated heterocycles. The molecule has 1 aliphatic carbocycles. The van der Waals surface area contributed by atoms with E-state index in [1.807, 2.05) is 0 Å². The molecule has 0 bridgehead atoms. The molecule has 0 spiro atoms. The van der Waals surface area contributed by atoms with Crippen LogP contribution in [0.15, 0.2) is 0 Å². The molecule has 14 heavy (non-hydrogen) atoms.